The van der Waals surface area contributed by atoms with E-state index >= 15 is 0 Å². The number of ether oxygens (including phenoxy) is 2. The highest BCUT2D eigenvalue weighted by Crippen LogP contribution is 2.40. The van der Waals surface area contributed by atoms with Gasteiger partial charge in [0.25, 0.3) is 11.7 Å². The van der Waals surface area contributed by atoms with Gasteiger partial charge in [-0.3, -0.25) is 14.5 Å². The molecule has 2 saturated heterocycles. The highest BCUT2D eigenvalue weighted by molar-refractivity contribution is 6.46. The Morgan fingerprint density at radius 3 is 2.54 bits per heavy atom. The molecule has 4 rings (SSSR count). The number of halogens is 1. The maximum absolute atomic E-state index is 13.2. The second-order valence-electron chi connectivity index (χ2n) is 8.58. The van der Waals surface area contributed by atoms with E-state index in [2.05, 4.69) is 11.5 Å². The fourth-order valence-electron chi connectivity index (χ4n) is 4.44. The molecule has 1 amide bonds. The second-order valence-corrected chi connectivity index (χ2v) is 9.01. The molecule has 1 unspecified atom stereocenters. The molecule has 2 aliphatic rings. The molecule has 1 atom stereocenters. The van der Waals surface area contributed by atoms with Gasteiger partial charge in [-0.25, -0.2) is 0 Å². The summed E-state index contributed by atoms with van der Waals surface area (Å²) in [4.78, 5) is 30.1. The van der Waals surface area contributed by atoms with Gasteiger partial charge in [0.1, 0.15) is 18.1 Å². The summed E-state index contributed by atoms with van der Waals surface area (Å²) < 4.78 is 11.0. The van der Waals surface area contributed by atoms with E-state index in [9.17, 15) is 14.7 Å². The largest absolute Gasteiger partial charge is 0.507 e. The molecule has 0 aliphatic carbocycles. The first-order valence-electron chi connectivity index (χ1n) is 11.6. The predicted molar refractivity (Wildman–Crippen MR) is 135 cm³/mol. The molecule has 2 heterocycles. The second kappa shape index (κ2) is 11.1. The van der Waals surface area contributed by atoms with Crippen molar-refractivity contribution in [2.24, 2.45) is 0 Å². The van der Waals surface area contributed by atoms with Gasteiger partial charge >= 0.3 is 0 Å². The molecule has 8 heteroatoms. The van der Waals surface area contributed by atoms with E-state index in [1.165, 1.54) is 0 Å². The van der Waals surface area contributed by atoms with Crippen LogP contribution in [0.4, 0.5) is 0 Å². The van der Waals surface area contributed by atoms with Gasteiger partial charge in [0, 0.05) is 36.8 Å². The molecule has 184 valence electrons. The van der Waals surface area contributed by atoms with Gasteiger partial charge < -0.3 is 19.5 Å². The van der Waals surface area contributed by atoms with Gasteiger partial charge in [0.05, 0.1) is 24.8 Å². The summed E-state index contributed by atoms with van der Waals surface area (Å²) >= 11 is 6.09. The number of carbonyl (C=O) groups is 2. The van der Waals surface area contributed by atoms with Crippen LogP contribution in [-0.4, -0.2) is 72.6 Å². The predicted octanol–water partition coefficient (Wildman–Crippen LogP) is 3.97. The molecule has 1 N–H and O–H groups in total. The molecular weight excluding hydrogens is 468 g/mol. The molecule has 0 saturated carbocycles. The highest BCUT2D eigenvalue weighted by Gasteiger charge is 2.46. The molecule has 2 fully saturated rings. The Morgan fingerprint density at radius 2 is 1.89 bits per heavy atom. The Hall–Kier alpha value is -3.13. The van der Waals surface area contributed by atoms with Gasteiger partial charge in [-0.1, -0.05) is 36.4 Å². The Labute approximate surface area is 210 Å². The monoisotopic (exact) mass is 496 g/mol. The van der Waals surface area contributed by atoms with Crippen molar-refractivity contribution in [2.75, 3.05) is 46.0 Å². The third kappa shape index (κ3) is 5.42. The van der Waals surface area contributed by atoms with Gasteiger partial charge in [-0.15, -0.1) is 0 Å². The number of benzene rings is 2. The Morgan fingerprint density at radius 1 is 1.17 bits per heavy atom. The fraction of sp³-hybridized carbons (Fsp3) is 0.333. The number of rotatable bonds is 8. The summed E-state index contributed by atoms with van der Waals surface area (Å²) in [6.07, 6.45) is 1.65. The fourth-order valence-corrected chi connectivity index (χ4v) is 4.57. The van der Waals surface area contributed by atoms with Crippen LogP contribution in [0.15, 0.2) is 60.7 Å². The average molecular weight is 497 g/mol. The summed E-state index contributed by atoms with van der Waals surface area (Å²) in [5, 5.41) is 11.8. The summed E-state index contributed by atoms with van der Waals surface area (Å²) in [5.41, 5.74) is 2.01. The number of carbonyl (C=O) groups excluding carboxylic acids is 2. The number of likely N-dealkylation sites (tertiary alicyclic amines) is 1. The quantitative estimate of drug-likeness (QED) is 0.258. The number of hydrogen-bond acceptors (Lipinski definition) is 6. The summed E-state index contributed by atoms with van der Waals surface area (Å²) in [5.74, 6) is -0.881. The molecule has 35 heavy (non-hydrogen) atoms. The first-order valence-corrected chi connectivity index (χ1v) is 12.0. The molecule has 0 radical (unpaired) electrons. The maximum Gasteiger partial charge on any atom is 0.295 e. The van der Waals surface area contributed by atoms with Gasteiger partial charge in [-0.05, 0) is 48.4 Å². The van der Waals surface area contributed by atoms with Crippen molar-refractivity contribution in [1.29, 1.82) is 0 Å². The van der Waals surface area contributed by atoms with E-state index in [0.29, 0.717) is 54.8 Å². The minimum atomic E-state index is -0.717. The Bertz CT molecular complexity index is 1140. The number of Topliss-reactive ketones (excluding diaryl/α,β-unsaturated/α-hetero) is 1. The van der Waals surface area contributed by atoms with Crippen LogP contribution >= 0.6 is 11.6 Å². The smallest absolute Gasteiger partial charge is 0.295 e. The minimum absolute atomic E-state index is 0.0680. The third-order valence-corrected chi connectivity index (χ3v) is 6.54. The molecule has 0 bridgehead atoms. The van der Waals surface area contributed by atoms with Crippen LogP contribution in [0.1, 0.15) is 22.7 Å². The third-order valence-electron chi connectivity index (χ3n) is 6.29. The van der Waals surface area contributed by atoms with Crippen molar-refractivity contribution >= 4 is 29.1 Å². The van der Waals surface area contributed by atoms with E-state index < -0.39 is 17.7 Å². The first kappa shape index (κ1) is 25.0. The van der Waals surface area contributed by atoms with Crippen LogP contribution in [-0.2, 0) is 14.3 Å². The van der Waals surface area contributed by atoms with E-state index in [1.807, 2.05) is 6.92 Å². The lowest BCUT2D eigenvalue weighted by Gasteiger charge is -2.31. The Balaban J connectivity index is 1.71. The highest BCUT2D eigenvalue weighted by atomic mass is 35.5. The van der Waals surface area contributed by atoms with Crippen molar-refractivity contribution in [3.8, 4) is 5.75 Å². The first-order chi connectivity index (χ1) is 16.9. The Kier molecular flexibility index (Phi) is 7.90. The average Bonchev–Trinajstić information content (AvgIpc) is 3.12. The van der Waals surface area contributed by atoms with Gasteiger partial charge in [-0.2, -0.15) is 0 Å². The molecule has 2 aromatic carbocycles. The van der Waals surface area contributed by atoms with Gasteiger partial charge in [0.15, 0.2) is 0 Å². The molecule has 2 aromatic rings. The number of aliphatic hydroxyl groups excluding tert-OH is 1. The van der Waals surface area contributed by atoms with E-state index in [0.717, 1.165) is 18.7 Å². The number of ketones is 1. The van der Waals surface area contributed by atoms with Crippen LogP contribution < -0.4 is 4.74 Å². The number of morpholine rings is 1. The van der Waals surface area contributed by atoms with E-state index in [4.69, 9.17) is 21.1 Å². The topological polar surface area (TPSA) is 79.3 Å². The van der Waals surface area contributed by atoms with Crippen LogP contribution in [0, 0.1) is 6.92 Å². The summed E-state index contributed by atoms with van der Waals surface area (Å²) in [7, 11) is 0. The van der Waals surface area contributed by atoms with Crippen molar-refractivity contribution < 1.29 is 24.2 Å². The van der Waals surface area contributed by atoms with E-state index in [-0.39, 0.29) is 11.3 Å². The lowest BCUT2D eigenvalue weighted by Crippen LogP contribution is -2.42. The molecule has 0 aromatic heterocycles. The molecule has 0 spiro atoms. The normalized spacial score (nSPS) is 20.3. The van der Waals surface area contributed by atoms with Gasteiger partial charge in [0.2, 0.25) is 0 Å². The minimum Gasteiger partial charge on any atom is -0.507 e. The van der Waals surface area contributed by atoms with Crippen molar-refractivity contribution in [2.45, 2.75) is 13.0 Å². The molecule has 2 aliphatic heterocycles. The van der Waals surface area contributed by atoms with Crippen molar-refractivity contribution in [3.63, 3.8) is 0 Å². The van der Waals surface area contributed by atoms with Crippen LogP contribution in [0.5, 0.6) is 5.75 Å². The lowest BCUT2D eigenvalue weighted by atomic mass is 9.95. The lowest BCUT2D eigenvalue weighted by molar-refractivity contribution is -0.140. The number of nitrogens with zero attached hydrogens (tertiary/aromatic N) is 2. The van der Waals surface area contributed by atoms with Crippen molar-refractivity contribution in [1.82, 2.24) is 9.80 Å². The summed E-state index contributed by atoms with van der Waals surface area (Å²) in [6, 6.07) is 11.4. The molecule has 7 nitrogen and oxygen atoms in total. The van der Waals surface area contributed by atoms with Crippen LogP contribution in [0.25, 0.3) is 5.76 Å². The van der Waals surface area contributed by atoms with Crippen molar-refractivity contribution in [3.05, 3.63) is 82.4 Å². The maximum atomic E-state index is 13.2. The van der Waals surface area contributed by atoms with E-state index in [1.54, 1.807) is 53.4 Å². The number of amides is 1. The standard InChI is InChI=1S/C27H29ClN2O5/c1-3-14-35-22-9-6-20(17-18(22)2)25(31)23-24(19-4-7-21(28)8-5-19)30(27(33)26(23)32)11-10-29-12-15-34-16-13-29/h3-9,17,24,31H,1,10-16H2,2H3/b25-23+. The number of aliphatic hydroxyl groups is 1. The molecular formula is C27H29ClN2O5. The SMILES string of the molecule is C=CCOc1ccc(/C(O)=C2\C(=O)C(=O)N(CCN3CCOCC3)C2c2ccc(Cl)cc2)cc1C. The van der Waals surface area contributed by atoms with Crippen LogP contribution in [0.2, 0.25) is 5.02 Å². The zero-order valence-electron chi connectivity index (χ0n) is 19.7. The zero-order valence-corrected chi connectivity index (χ0v) is 20.5. The number of aryl methyl sites for hydroxylation is 1. The van der Waals surface area contributed by atoms with Crippen LogP contribution in [0.3, 0.4) is 0 Å². The zero-order chi connectivity index (χ0) is 24.9. The summed E-state index contributed by atoms with van der Waals surface area (Å²) in [6.45, 7) is 9.65. The number of hydrogen-bond donors (Lipinski definition) is 1.